The van der Waals surface area contributed by atoms with Crippen molar-refractivity contribution in [3.8, 4) is 0 Å². The lowest BCUT2D eigenvalue weighted by Gasteiger charge is -2.23. The normalized spacial score (nSPS) is 11.1. The lowest BCUT2D eigenvalue weighted by atomic mass is 10.1. The highest BCUT2D eigenvalue weighted by molar-refractivity contribution is 7.88. The van der Waals surface area contributed by atoms with Crippen molar-refractivity contribution in [3.05, 3.63) is 65.2 Å². The Morgan fingerprint density at radius 2 is 1.72 bits per heavy atom. The van der Waals surface area contributed by atoms with Crippen LogP contribution in [0.1, 0.15) is 23.6 Å². The Morgan fingerprint density at radius 3 is 2.34 bits per heavy atom. The van der Waals surface area contributed by atoms with Gasteiger partial charge in [-0.25, -0.2) is 17.9 Å². The molecule has 0 aliphatic heterocycles. The number of hydrogen-bond acceptors (Lipinski definition) is 4. The number of urea groups is 1. The van der Waals surface area contributed by atoms with Gasteiger partial charge in [-0.05, 0) is 49.7 Å². The van der Waals surface area contributed by atoms with E-state index in [1.165, 1.54) is 12.6 Å². The first kappa shape index (κ1) is 22.7. The maximum atomic E-state index is 12.0. The van der Waals surface area contributed by atoms with Crippen LogP contribution in [0.15, 0.2) is 48.5 Å². The van der Waals surface area contributed by atoms with E-state index in [1.54, 1.807) is 12.1 Å². The molecule has 0 atom stereocenters. The van der Waals surface area contributed by atoms with Crippen molar-refractivity contribution in [3.63, 3.8) is 0 Å². The van der Waals surface area contributed by atoms with Gasteiger partial charge in [0, 0.05) is 31.9 Å². The van der Waals surface area contributed by atoms with E-state index < -0.39 is 10.0 Å². The van der Waals surface area contributed by atoms with Gasteiger partial charge in [-0.2, -0.15) is 0 Å². The average Bonchev–Trinajstić information content (AvgIpc) is 2.70. The quantitative estimate of drug-likeness (QED) is 0.553. The summed E-state index contributed by atoms with van der Waals surface area (Å²) in [7, 11) is -1.89. The molecule has 29 heavy (non-hydrogen) atoms. The summed E-state index contributed by atoms with van der Waals surface area (Å²) in [6.07, 6.45) is 0. The van der Waals surface area contributed by atoms with Crippen LogP contribution in [0.2, 0.25) is 0 Å². The molecule has 7 nitrogen and oxygen atoms in total. The molecule has 0 saturated carbocycles. The zero-order chi connectivity index (χ0) is 21.3. The third-order valence-electron chi connectivity index (χ3n) is 4.56. The Balaban J connectivity index is 1.75. The molecule has 0 spiro atoms. The number of amides is 2. The highest BCUT2D eigenvalue weighted by Crippen LogP contribution is 2.15. The van der Waals surface area contributed by atoms with Crippen LogP contribution in [0.25, 0.3) is 0 Å². The minimum absolute atomic E-state index is 0.0629. The minimum atomic E-state index is -3.29. The number of hydrogen-bond donors (Lipinski definition) is 3. The van der Waals surface area contributed by atoms with Crippen LogP contribution in [0.4, 0.5) is 10.5 Å². The van der Waals surface area contributed by atoms with Gasteiger partial charge >= 0.3 is 6.03 Å². The fraction of sp³-hybridized carbons (Fsp3) is 0.381. The van der Waals surface area contributed by atoms with E-state index in [9.17, 15) is 13.2 Å². The lowest BCUT2D eigenvalue weighted by Crippen LogP contribution is -2.40. The van der Waals surface area contributed by atoms with E-state index in [0.717, 1.165) is 24.3 Å². The first-order chi connectivity index (χ1) is 13.8. The molecule has 0 saturated heterocycles. The Bertz CT molecular complexity index is 898. The second-order valence-electron chi connectivity index (χ2n) is 6.81. The van der Waals surface area contributed by atoms with Gasteiger partial charge in [-0.3, -0.25) is 0 Å². The van der Waals surface area contributed by atoms with Gasteiger partial charge in [0.1, 0.15) is 0 Å². The number of rotatable bonds is 10. The van der Waals surface area contributed by atoms with E-state index in [1.807, 2.05) is 18.2 Å². The first-order valence-corrected chi connectivity index (χ1v) is 11.3. The molecule has 3 N–H and O–H groups in total. The maximum absolute atomic E-state index is 12.0. The number of nitrogens with zero attached hydrogens (tertiary/aromatic N) is 1. The molecular formula is C21H30N4O3S. The number of nitrogens with one attached hydrogen (secondary N) is 3. The summed E-state index contributed by atoms with van der Waals surface area (Å²) in [4.78, 5) is 14.3. The van der Waals surface area contributed by atoms with Gasteiger partial charge in [0.15, 0.2) is 0 Å². The summed E-state index contributed by atoms with van der Waals surface area (Å²) in [5.74, 6) is -0.0629. The Kier molecular flexibility index (Phi) is 8.48. The number of aryl methyl sites for hydroxylation is 1. The third-order valence-corrected chi connectivity index (χ3v) is 5.89. The van der Waals surface area contributed by atoms with Gasteiger partial charge in [-0.15, -0.1) is 0 Å². The highest BCUT2D eigenvalue weighted by Gasteiger charge is 2.09. The van der Waals surface area contributed by atoms with Gasteiger partial charge in [0.2, 0.25) is 10.0 Å². The summed E-state index contributed by atoms with van der Waals surface area (Å²) in [5.41, 5.74) is 3.96. The predicted octanol–water partition coefficient (Wildman–Crippen LogP) is 2.37. The summed E-state index contributed by atoms with van der Waals surface area (Å²) in [6.45, 7) is 6.65. The zero-order valence-corrected chi connectivity index (χ0v) is 18.1. The van der Waals surface area contributed by atoms with Crippen LogP contribution >= 0.6 is 0 Å². The molecule has 2 aromatic carbocycles. The average molecular weight is 419 g/mol. The van der Waals surface area contributed by atoms with Crippen molar-refractivity contribution in [2.75, 3.05) is 31.6 Å². The largest absolute Gasteiger partial charge is 0.370 e. The Morgan fingerprint density at radius 1 is 1.03 bits per heavy atom. The van der Waals surface area contributed by atoms with Gasteiger partial charge in [0.25, 0.3) is 0 Å². The zero-order valence-electron chi connectivity index (χ0n) is 17.2. The Hall–Kier alpha value is -2.58. The molecule has 0 aromatic heterocycles. The van der Waals surface area contributed by atoms with E-state index >= 15 is 0 Å². The monoisotopic (exact) mass is 418 g/mol. The van der Waals surface area contributed by atoms with Crippen molar-refractivity contribution in [2.24, 2.45) is 0 Å². The van der Waals surface area contributed by atoms with Crippen molar-refractivity contribution in [1.29, 1.82) is 0 Å². The van der Waals surface area contributed by atoms with E-state index in [2.05, 4.69) is 52.3 Å². The Labute approximate surface area is 173 Å². The number of sulfonamides is 1. The number of likely N-dealkylation sites (N-methyl/N-ethyl adjacent to an activating group) is 1. The minimum Gasteiger partial charge on any atom is -0.370 e. The van der Waals surface area contributed by atoms with Gasteiger partial charge < -0.3 is 15.5 Å². The molecule has 158 valence electrons. The standard InChI is InChI=1S/C21H30N4O3S/c1-4-25(20-7-5-6-17(2)14-20)13-12-23-21(26)24-15-18-8-10-19(11-9-18)16-29(27,28)22-3/h5-11,14,22H,4,12-13,15-16H2,1-3H3,(H2,23,24,26). The molecule has 0 fully saturated rings. The first-order valence-electron chi connectivity index (χ1n) is 9.65. The lowest BCUT2D eigenvalue weighted by molar-refractivity contribution is 0.240. The van der Waals surface area contributed by atoms with E-state index in [0.29, 0.717) is 18.7 Å². The van der Waals surface area contributed by atoms with Gasteiger partial charge in [-0.1, -0.05) is 36.4 Å². The highest BCUT2D eigenvalue weighted by atomic mass is 32.2. The topological polar surface area (TPSA) is 90.5 Å². The molecular weight excluding hydrogens is 388 g/mol. The summed E-state index contributed by atoms with van der Waals surface area (Å²) in [5, 5.41) is 5.69. The molecule has 0 heterocycles. The third kappa shape index (κ3) is 7.75. The van der Waals surface area contributed by atoms with E-state index in [4.69, 9.17) is 0 Å². The van der Waals surface area contributed by atoms with Crippen molar-refractivity contribution in [2.45, 2.75) is 26.1 Å². The number of anilines is 1. The van der Waals surface area contributed by atoms with Crippen molar-refractivity contribution in [1.82, 2.24) is 15.4 Å². The van der Waals surface area contributed by atoms with Crippen LogP contribution in [0, 0.1) is 6.92 Å². The molecule has 2 amide bonds. The maximum Gasteiger partial charge on any atom is 0.315 e. The number of benzene rings is 2. The van der Waals surface area contributed by atoms with Crippen LogP contribution in [0.3, 0.4) is 0 Å². The molecule has 2 aromatic rings. The summed E-state index contributed by atoms with van der Waals surface area (Å²) in [6, 6.07) is 15.2. The summed E-state index contributed by atoms with van der Waals surface area (Å²) >= 11 is 0. The molecule has 0 radical (unpaired) electrons. The smallest absolute Gasteiger partial charge is 0.315 e. The van der Waals surface area contributed by atoms with Crippen molar-refractivity contribution >= 4 is 21.7 Å². The van der Waals surface area contributed by atoms with Crippen LogP contribution in [-0.2, 0) is 22.3 Å². The molecule has 0 unspecified atom stereocenters. The predicted molar refractivity (Wildman–Crippen MR) is 117 cm³/mol. The second-order valence-corrected chi connectivity index (χ2v) is 8.73. The summed E-state index contributed by atoms with van der Waals surface area (Å²) < 4.78 is 25.4. The molecule has 8 heteroatoms. The fourth-order valence-corrected chi connectivity index (χ4v) is 3.66. The molecule has 0 aliphatic carbocycles. The van der Waals surface area contributed by atoms with Crippen LogP contribution < -0.4 is 20.3 Å². The van der Waals surface area contributed by atoms with Crippen LogP contribution in [0.5, 0.6) is 0 Å². The van der Waals surface area contributed by atoms with Crippen LogP contribution in [-0.4, -0.2) is 41.1 Å². The molecule has 0 bridgehead atoms. The SMILES string of the molecule is CCN(CCNC(=O)NCc1ccc(CS(=O)(=O)NC)cc1)c1cccc(C)c1. The number of carbonyl (C=O) groups is 1. The fourth-order valence-electron chi connectivity index (χ4n) is 2.89. The van der Waals surface area contributed by atoms with E-state index in [-0.39, 0.29) is 11.8 Å². The second kappa shape index (κ2) is 10.8. The number of carbonyl (C=O) groups excluding carboxylic acids is 1. The molecule has 0 aliphatic rings. The molecule has 2 rings (SSSR count). The van der Waals surface area contributed by atoms with Gasteiger partial charge in [0.05, 0.1) is 5.75 Å². The van der Waals surface area contributed by atoms with Crippen molar-refractivity contribution < 1.29 is 13.2 Å².